The van der Waals surface area contributed by atoms with Crippen molar-refractivity contribution in [3.8, 4) is 0 Å². The van der Waals surface area contributed by atoms with Crippen molar-refractivity contribution in [3.05, 3.63) is 34.6 Å². The molecule has 0 atom stereocenters. The molecule has 1 nitrogen and oxygen atoms in total. The summed E-state index contributed by atoms with van der Waals surface area (Å²) in [7, 11) is 0. The Labute approximate surface area is 122 Å². The van der Waals surface area contributed by atoms with Crippen molar-refractivity contribution in [2.24, 2.45) is 0 Å². The number of Topliss-reactive ketones (excluding diaryl/α,β-unsaturated/α-hetero) is 1. The molecule has 0 aliphatic heterocycles. The van der Waals surface area contributed by atoms with Crippen LogP contribution >= 0.6 is 0 Å². The molecule has 0 amide bonds. The number of benzene rings is 1. The Balaban J connectivity index is 2.37. The Morgan fingerprint density at radius 1 is 0.950 bits per heavy atom. The van der Waals surface area contributed by atoms with Crippen molar-refractivity contribution < 1.29 is 9.18 Å². The zero-order chi connectivity index (χ0) is 15.0. The second kappa shape index (κ2) is 8.89. The van der Waals surface area contributed by atoms with Crippen molar-refractivity contribution in [2.75, 3.05) is 0 Å². The maximum Gasteiger partial charge on any atom is 0.163 e. The second-order valence-electron chi connectivity index (χ2n) is 5.71. The minimum Gasteiger partial charge on any atom is -0.294 e. The van der Waals surface area contributed by atoms with Crippen LogP contribution in [-0.2, 0) is 0 Å². The average molecular weight is 278 g/mol. The highest BCUT2D eigenvalue weighted by atomic mass is 19.1. The standard InChI is InChI=1S/C18H27FO/c1-4-5-6-7-8-9-10-11-17(20)18-14(2)12-16(19)13-15(18)3/h12-13H,4-11H2,1-3H3. The van der Waals surface area contributed by atoms with E-state index in [9.17, 15) is 9.18 Å². The van der Waals surface area contributed by atoms with Gasteiger partial charge in [0.05, 0.1) is 0 Å². The zero-order valence-electron chi connectivity index (χ0n) is 13.1. The van der Waals surface area contributed by atoms with E-state index in [1.54, 1.807) is 0 Å². The van der Waals surface area contributed by atoms with Crippen LogP contribution in [0.2, 0.25) is 0 Å². The highest BCUT2D eigenvalue weighted by Crippen LogP contribution is 2.19. The fourth-order valence-corrected chi connectivity index (χ4v) is 2.72. The van der Waals surface area contributed by atoms with Gasteiger partial charge in [0.2, 0.25) is 0 Å². The molecule has 0 saturated carbocycles. The van der Waals surface area contributed by atoms with E-state index in [1.165, 1.54) is 44.2 Å². The van der Waals surface area contributed by atoms with E-state index in [4.69, 9.17) is 0 Å². The average Bonchev–Trinajstić information content (AvgIpc) is 2.36. The summed E-state index contributed by atoms with van der Waals surface area (Å²) in [6.07, 6.45) is 9.03. The number of hydrogen-bond acceptors (Lipinski definition) is 1. The van der Waals surface area contributed by atoms with Crippen LogP contribution in [0, 0.1) is 19.7 Å². The minimum atomic E-state index is -0.257. The molecular formula is C18H27FO. The topological polar surface area (TPSA) is 17.1 Å². The van der Waals surface area contributed by atoms with Crippen molar-refractivity contribution in [2.45, 2.75) is 72.1 Å². The van der Waals surface area contributed by atoms with E-state index >= 15 is 0 Å². The predicted molar refractivity (Wildman–Crippen MR) is 82.8 cm³/mol. The summed E-state index contributed by atoms with van der Waals surface area (Å²) in [6, 6.07) is 2.90. The van der Waals surface area contributed by atoms with Crippen LogP contribution < -0.4 is 0 Å². The summed E-state index contributed by atoms with van der Waals surface area (Å²) in [5.41, 5.74) is 2.24. The quantitative estimate of drug-likeness (QED) is 0.414. The summed E-state index contributed by atoms with van der Waals surface area (Å²) in [5.74, 6) is -0.0963. The van der Waals surface area contributed by atoms with Gasteiger partial charge in [0.15, 0.2) is 5.78 Å². The van der Waals surface area contributed by atoms with Gasteiger partial charge in [0, 0.05) is 12.0 Å². The molecule has 0 N–H and O–H groups in total. The Morgan fingerprint density at radius 3 is 2.00 bits per heavy atom. The molecule has 0 saturated heterocycles. The number of hydrogen-bond donors (Lipinski definition) is 0. The molecule has 0 aromatic heterocycles. The van der Waals surface area contributed by atoms with Gasteiger partial charge in [-0.15, -0.1) is 0 Å². The number of aryl methyl sites for hydroxylation is 2. The summed E-state index contributed by atoms with van der Waals surface area (Å²) >= 11 is 0. The smallest absolute Gasteiger partial charge is 0.163 e. The Kier molecular flexibility index (Phi) is 7.50. The fraction of sp³-hybridized carbons (Fsp3) is 0.611. The van der Waals surface area contributed by atoms with Gasteiger partial charge in [-0.3, -0.25) is 4.79 Å². The summed E-state index contributed by atoms with van der Waals surface area (Å²) in [6.45, 7) is 5.84. The SMILES string of the molecule is CCCCCCCCCC(=O)c1c(C)cc(F)cc1C. The number of halogens is 1. The largest absolute Gasteiger partial charge is 0.294 e. The Hall–Kier alpha value is -1.18. The monoisotopic (exact) mass is 278 g/mol. The highest BCUT2D eigenvalue weighted by Gasteiger charge is 2.13. The third-order valence-corrected chi connectivity index (χ3v) is 3.78. The number of unbranched alkanes of at least 4 members (excludes halogenated alkanes) is 6. The van der Waals surface area contributed by atoms with Crippen molar-refractivity contribution in [1.82, 2.24) is 0 Å². The maximum atomic E-state index is 13.2. The first-order valence-electron chi connectivity index (χ1n) is 7.86. The lowest BCUT2D eigenvalue weighted by Crippen LogP contribution is -2.05. The van der Waals surface area contributed by atoms with Gasteiger partial charge in [-0.2, -0.15) is 0 Å². The molecule has 0 heterocycles. The van der Waals surface area contributed by atoms with Crippen LogP contribution in [0.25, 0.3) is 0 Å². The van der Waals surface area contributed by atoms with Crippen LogP contribution in [0.15, 0.2) is 12.1 Å². The molecule has 0 bridgehead atoms. The number of carbonyl (C=O) groups excluding carboxylic acids is 1. The molecule has 2 heteroatoms. The molecule has 112 valence electrons. The van der Waals surface area contributed by atoms with Crippen LogP contribution in [0.4, 0.5) is 4.39 Å². The van der Waals surface area contributed by atoms with Gasteiger partial charge >= 0.3 is 0 Å². The summed E-state index contributed by atoms with van der Waals surface area (Å²) in [4.78, 5) is 12.2. The third kappa shape index (κ3) is 5.44. The lowest BCUT2D eigenvalue weighted by atomic mass is 9.95. The van der Waals surface area contributed by atoms with Gasteiger partial charge < -0.3 is 0 Å². The van der Waals surface area contributed by atoms with Gasteiger partial charge in [0.25, 0.3) is 0 Å². The molecule has 1 aromatic rings. The first-order chi connectivity index (χ1) is 9.56. The molecular weight excluding hydrogens is 251 g/mol. The molecule has 1 aromatic carbocycles. The van der Waals surface area contributed by atoms with Gasteiger partial charge in [0.1, 0.15) is 5.82 Å². The number of carbonyl (C=O) groups is 1. The van der Waals surface area contributed by atoms with E-state index in [2.05, 4.69) is 6.92 Å². The zero-order valence-corrected chi connectivity index (χ0v) is 13.1. The molecule has 1 rings (SSSR count). The van der Waals surface area contributed by atoms with E-state index in [-0.39, 0.29) is 11.6 Å². The minimum absolute atomic E-state index is 0.161. The number of ketones is 1. The summed E-state index contributed by atoms with van der Waals surface area (Å²) in [5, 5.41) is 0. The first kappa shape index (κ1) is 16.9. The molecule has 0 aliphatic carbocycles. The van der Waals surface area contributed by atoms with E-state index in [1.807, 2.05) is 13.8 Å². The molecule has 0 unspecified atom stereocenters. The van der Waals surface area contributed by atoms with Crippen molar-refractivity contribution in [3.63, 3.8) is 0 Å². The lowest BCUT2D eigenvalue weighted by molar-refractivity contribution is 0.0978. The Morgan fingerprint density at radius 2 is 1.45 bits per heavy atom. The maximum absolute atomic E-state index is 13.2. The third-order valence-electron chi connectivity index (χ3n) is 3.78. The normalized spacial score (nSPS) is 10.8. The lowest BCUT2D eigenvalue weighted by Gasteiger charge is -2.09. The number of rotatable bonds is 9. The van der Waals surface area contributed by atoms with Crippen LogP contribution in [0.3, 0.4) is 0 Å². The van der Waals surface area contributed by atoms with E-state index in [0.29, 0.717) is 6.42 Å². The predicted octanol–water partition coefficient (Wildman–Crippen LogP) is 5.77. The van der Waals surface area contributed by atoms with E-state index in [0.717, 1.165) is 29.5 Å². The van der Waals surface area contributed by atoms with Crippen molar-refractivity contribution in [1.29, 1.82) is 0 Å². The second-order valence-corrected chi connectivity index (χ2v) is 5.71. The van der Waals surface area contributed by atoms with Gasteiger partial charge in [-0.1, -0.05) is 45.4 Å². The van der Waals surface area contributed by atoms with Crippen molar-refractivity contribution >= 4 is 5.78 Å². The van der Waals surface area contributed by atoms with Crippen LogP contribution in [0.1, 0.15) is 79.8 Å². The molecule has 0 aliphatic rings. The highest BCUT2D eigenvalue weighted by molar-refractivity contribution is 5.98. The van der Waals surface area contributed by atoms with Gasteiger partial charge in [-0.05, 0) is 43.5 Å². The van der Waals surface area contributed by atoms with Crippen LogP contribution in [0.5, 0.6) is 0 Å². The molecule has 20 heavy (non-hydrogen) atoms. The summed E-state index contributed by atoms with van der Waals surface area (Å²) < 4.78 is 13.2. The molecule has 0 fully saturated rings. The first-order valence-corrected chi connectivity index (χ1v) is 7.86. The van der Waals surface area contributed by atoms with Crippen LogP contribution in [-0.4, -0.2) is 5.78 Å². The fourth-order valence-electron chi connectivity index (χ4n) is 2.72. The Bertz CT molecular complexity index is 414. The van der Waals surface area contributed by atoms with E-state index < -0.39 is 0 Å². The molecule has 0 radical (unpaired) electrons. The van der Waals surface area contributed by atoms with Gasteiger partial charge in [-0.25, -0.2) is 4.39 Å². The molecule has 0 spiro atoms.